The van der Waals surface area contributed by atoms with Crippen LogP contribution in [0.4, 0.5) is 0 Å². The molecule has 0 aromatic heterocycles. The summed E-state index contributed by atoms with van der Waals surface area (Å²) in [6.07, 6.45) is 9.94. The van der Waals surface area contributed by atoms with E-state index < -0.39 is 0 Å². The second-order valence-electron chi connectivity index (χ2n) is 10.7. The molecule has 0 saturated heterocycles. The standard InChI is InChI=1S/C25H36O4/c1-15(5-10-23(28)29-4)19-8-9-20-18-7-6-16-13-17(26)11-12-24(16,2)21(18)14-22(27)25(19,20)3/h14-16,18-20H,5-13H2,1-4H3/t15-,16+,18-,19-,20+,24+,25-/m0/s1. The van der Waals surface area contributed by atoms with Crippen LogP contribution >= 0.6 is 0 Å². The molecule has 0 amide bonds. The third kappa shape index (κ3) is 3.13. The number of carbonyl (C=O) groups excluding carboxylic acids is 3. The van der Waals surface area contributed by atoms with E-state index in [9.17, 15) is 14.4 Å². The highest BCUT2D eigenvalue weighted by Gasteiger charge is 2.61. The van der Waals surface area contributed by atoms with Crippen LogP contribution in [0.15, 0.2) is 11.6 Å². The molecule has 4 heteroatoms. The van der Waals surface area contributed by atoms with E-state index in [4.69, 9.17) is 4.74 Å². The molecule has 4 aliphatic carbocycles. The van der Waals surface area contributed by atoms with E-state index in [0.29, 0.717) is 60.4 Å². The summed E-state index contributed by atoms with van der Waals surface area (Å²) in [6.45, 7) is 6.74. The zero-order valence-electron chi connectivity index (χ0n) is 18.5. The van der Waals surface area contributed by atoms with Crippen LogP contribution in [0.3, 0.4) is 0 Å². The first kappa shape index (κ1) is 20.8. The van der Waals surface area contributed by atoms with Crippen molar-refractivity contribution in [1.82, 2.24) is 0 Å². The Balaban J connectivity index is 1.61. The van der Waals surface area contributed by atoms with Gasteiger partial charge in [-0.1, -0.05) is 26.3 Å². The third-order valence-corrected chi connectivity index (χ3v) is 9.53. The number of rotatable bonds is 4. The molecule has 29 heavy (non-hydrogen) atoms. The molecule has 0 unspecified atom stereocenters. The van der Waals surface area contributed by atoms with Gasteiger partial charge in [-0.15, -0.1) is 0 Å². The van der Waals surface area contributed by atoms with Crippen molar-refractivity contribution in [1.29, 1.82) is 0 Å². The molecular formula is C25H36O4. The van der Waals surface area contributed by atoms with Crippen molar-refractivity contribution in [2.75, 3.05) is 7.11 Å². The largest absolute Gasteiger partial charge is 0.469 e. The monoisotopic (exact) mass is 400 g/mol. The highest BCUT2D eigenvalue weighted by Crippen LogP contribution is 2.65. The minimum absolute atomic E-state index is 0.0302. The van der Waals surface area contributed by atoms with Gasteiger partial charge < -0.3 is 4.74 Å². The van der Waals surface area contributed by atoms with Gasteiger partial charge in [-0.25, -0.2) is 0 Å². The Labute approximate surface area is 174 Å². The molecule has 3 saturated carbocycles. The highest BCUT2D eigenvalue weighted by atomic mass is 16.5. The summed E-state index contributed by atoms with van der Waals surface area (Å²) in [7, 11) is 1.44. The van der Waals surface area contributed by atoms with Gasteiger partial charge in [0, 0.05) is 24.7 Å². The molecule has 0 spiro atoms. The van der Waals surface area contributed by atoms with Gasteiger partial charge in [0.25, 0.3) is 0 Å². The molecule has 0 aromatic carbocycles. The number of methoxy groups -OCH3 is 1. The number of hydrogen-bond acceptors (Lipinski definition) is 4. The van der Waals surface area contributed by atoms with Crippen LogP contribution in [0.5, 0.6) is 0 Å². The predicted molar refractivity (Wildman–Crippen MR) is 111 cm³/mol. The Kier molecular flexibility index (Phi) is 5.28. The first-order valence-corrected chi connectivity index (χ1v) is 11.6. The van der Waals surface area contributed by atoms with Crippen LogP contribution < -0.4 is 0 Å². The minimum atomic E-state index is -0.308. The summed E-state index contributed by atoms with van der Waals surface area (Å²) in [5.41, 5.74) is 1.09. The molecule has 7 atom stereocenters. The summed E-state index contributed by atoms with van der Waals surface area (Å²) in [5.74, 6) is 2.54. The molecule has 4 rings (SSSR count). The molecular weight excluding hydrogens is 364 g/mol. The van der Waals surface area contributed by atoms with Crippen LogP contribution in [0.2, 0.25) is 0 Å². The number of esters is 1. The van der Waals surface area contributed by atoms with Gasteiger partial charge in [-0.3, -0.25) is 14.4 Å². The van der Waals surface area contributed by atoms with Crippen LogP contribution in [0, 0.1) is 40.4 Å². The van der Waals surface area contributed by atoms with E-state index in [0.717, 1.165) is 38.5 Å². The molecule has 0 radical (unpaired) electrons. The maximum absolute atomic E-state index is 13.6. The van der Waals surface area contributed by atoms with Gasteiger partial charge in [0.05, 0.1) is 7.11 Å². The van der Waals surface area contributed by atoms with Gasteiger partial charge in [0.1, 0.15) is 5.78 Å². The van der Waals surface area contributed by atoms with Crippen molar-refractivity contribution in [2.24, 2.45) is 40.4 Å². The van der Waals surface area contributed by atoms with Gasteiger partial charge in [0.15, 0.2) is 5.78 Å². The number of carbonyl (C=O) groups is 3. The number of allylic oxidation sites excluding steroid dienone is 2. The van der Waals surface area contributed by atoms with E-state index >= 15 is 0 Å². The van der Waals surface area contributed by atoms with Gasteiger partial charge >= 0.3 is 5.97 Å². The Hall–Kier alpha value is -1.45. The van der Waals surface area contributed by atoms with Crippen LogP contribution in [-0.2, 0) is 19.1 Å². The Morgan fingerprint density at radius 3 is 2.69 bits per heavy atom. The summed E-state index contributed by atoms with van der Waals surface area (Å²) in [5, 5.41) is 0. The lowest BCUT2D eigenvalue weighted by atomic mass is 9.48. The maximum atomic E-state index is 13.6. The number of ether oxygens (including phenoxy) is 1. The average molecular weight is 401 g/mol. The topological polar surface area (TPSA) is 60.4 Å². The third-order valence-electron chi connectivity index (χ3n) is 9.53. The molecule has 0 aliphatic heterocycles. The summed E-state index contributed by atoms with van der Waals surface area (Å²) in [4.78, 5) is 37.3. The van der Waals surface area contributed by atoms with Crippen molar-refractivity contribution in [3.8, 4) is 0 Å². The van der Waals surface area contributed by atoms with E-state index in [1.807, 2.05) is 6.08 Å². The zero-order chi connectivity index (χ0) is 21.0. The Morgan fingerprint density at radius 2 is 1.97 bits per heavy atom. The first-order chi connectivity index (χ1) is 13.7. The summed E-state index contributed by atoms with van der Waals surface area (Å²) >= 11 is 0. The van der Waals surface area contributed by atoms with E-state index in [1.165, 1.54) is 12.7 Å². The number of Topliss-reactive ketones (excluding diaryl/α,β-unsaturated/α-hetero) is 1. The molecule has 4 nitrogen and oxygen atoms in total. The number of fused-ring (bicyclic) bond motifs is 5. The molecule has 0 aromatic rings. The van der Waals surface area contributed by atoms with E-state index in [-0.39, 0.29) is 16.8 Å². The minimum Gasteiger partial charge on any atom is -0.469 e. The normalized spacial score (nSPS) is 42.4. The fourth-order valence-corrected chi connectivity index (χ4v) is 7.70. The Bertz CT molecular complexity index is 752. The van der Waals surface area contributed by atoms with Crippen LogP contribution in [0.1, 0.15) is 78.6 Å². The smallest absolute Gasteiger partial charge is 0.305 e. The van der Waals surface area contributed by atoms with Gasteiger partial charge in [-0.05, 0) is 79.6 Å². The van der Waals surface area contributed by atoms with Crippen molar-refractivity contribution < 1.29 is 19.1 Å². The molecule has 3 fully saturated rings. The summed E-state index contributed by atoms with van der Waals surface area (Å²) in [6, 6.07) is 0. The lowest BCUT2D eigenvalue weighted by Crippen LogP contribution is -2.51. The van der Waals surface area contributed by atoms with E-state index in [2.05, 4.69) is 20.8 Å². The summed E-state index contributed by atoms with van der Waals surface area (Å²) < 4.78 is 4.82. The van der Waals surface area contributed by atoms with Gasteiger partial charge in [-0.2, -0.15) is 0 Å². The maximum Gasteiger partial charge on any atom is 0.305 e. The van der Waals surface area contributed by atoms with Crippen molar-refractivity contribution in [2.45, 2.75) is 78.6 Å². The fraction of sp³-hybridized carbons (Fsp3) is 0.800. The Morgan fingerprint density at radius 1 is 1.21 bits per heavy atom. The lowest BCUT2D eigenvalue weighted by Gasteiger charge is -2.55. The van der Waals surface area contributed by atoms with Crippen LogP contribution in [0.25, 0.3) is 0 Å². The highest BCUT2D eigenvalue weighted by molar-refractivity contribution is 5.97. The van der Waals surface area contributed by atoms with Crippen molar-refractivity contribution >= 4 is 17.5 Å². The second-order valence-corrected chi connectivity index (χ2v) is 10.7. The zero-order valence-corrected chi connectivity index (χ0v) is 18.5. The quantitative estimate of drug-likeness (QED) is 0.630. The van der Waals surface area contributed by atoms with Gasteiger partial charge in [0.2, 0.25) is 0 Å². The van der Waals surface area contributed by atoms with Crippen LogP contribution in [-0.4, -0.2) is 24.6 Å². The second kappa shape index (κ2) is 7.35. The van der Waals surface area contributed by atoms with E-state index in [1.54, 1.807) is 0 Å². The molecule has 0 N–H and O–H groups in total. The SMILES string of the molecule is COC(=O)CC[C@H](C)[C@@H]1CC[C@@H]2[C@@H]3CC[C@@H]4CC(=O)CC[C@@]4(C)C3=CC(=O)[C@]21C. The van der Waals surface area contributed by atoms with Crippen molar-refractivity contribution in [3.63, 3.8) is 0 Å². The molecule has 160 valence electrons. The number of hydrogen-bond donors (Lipinski definition) is 0. The molecule has 0 bridgehead atoms. The molecule has 4 aliphatic rings. The molecule has 0 heterocycles. The lowest BCUT2D eigenvalue weighted by molar-refractivity contribution is -0.141. The van der Waals surface area contributed by atoms with Crippen molar-refractivity contribution in [3.05, 3.63) is 11.6 Å². The predicted octanol–water partition coefficient (Wildman–Crippen LogP) is 4.90. The number of ketones is 2. The average Bonchev–Trinajstić information content (AvgIpc) is 3.06. The fourth-order valence-electron chi connectivity index (χ4n) is 7.70. The first-order valence-electron chi connectivity index (χ1n) is 11.6.